The molecule has 1 saturated heterocycles. The molecule has 0 unspecified atom stereocenters. The highest BCUT2D eigenvalue weighted by Crippen LogP contribution is 2.23. The Hall–Kier alpha value is -0.340. The third-order valence-corrected chi connectivity index (χ3v) is 5.38. The molecule has 1 heterocycles. The van der Waals surface area contributed by atoms with Gasteiger partial charge in [0, 0.05) is 19.0 Å². The summed E-state index contributed by atoms with van der Waals surface area (Å²) < 4.78 is 62.3. The zero-order chi connectivity index (χ0) is 15.2. The van der Waals surface area contributed by atoms with Crippen LogP contribution in [0.4, 0.5) is 13.2 Å². The van der Waals surface area contributed by atoms with Crippen LogP contribution in [0, 0.1) is 0 Å². The molecule has 0 aromatic carbocycles. The Balaban J connectivity index is 2.63. The van der Waals surface area contributed by atoms with Gasteiger partial charge >= 0.3 is 6.18 Å². The fourth-order valence-electron chi connectivity index (χ4n) is 2.44. The van der Waals surface area contributed by atoms with E-state index in [1.807, 2.05) is 6.92 Å². The zero-order valence-electron chi connectivity index (χ0n) is 11.7. The van der Waals surface area contributed by atoms with Gasteiger partial charge in [-0.05, 0) is 38.8 Å². The number of nitrogens with zero attached hydrogens (tertiary/aromatic N) is 1. The lowest BCUT2D eigenvalue weighted by Crippen LogP contribution is -2.47. The maximum Gasteiger partial charge on any atom is 0.389 e. The van der Waals surface area contributed by atoms with E-state index in [1.54, 1.807) is 0 Å². The van der Waals surface area contributed by atoms with Crippen molar-refractivity contribution in [3.8, 4) is 0 Å². The Morgan fingerprint density at radius 3 is 2.35 bits per heavy atom. The molecular weight excluding hydrogens is 293 g/mol. The summed E-state index contributed by atoms with van der Waals surface area (Å²) in [6, 6.07) is -0.0768. The maximum atomic E-state index is 12.2. The molecule has 20 heavy (non-hydrogen) atoms. The second kappa shape index (κ2) is 7.61. The Labute approximate surface area is 118 Å². The number of alkyl halides is 3. The molecule has 1 aliphatic heterocycles. The number of rotatable bonds is 7. The molecule has 0 spiro atoms. The first kappa shape index (κ1) is 17.7. The van der Waals surface area contributed by atoms with Crippen LogP contribution in [-0.4, -0.2) is 50.3 Å². The molecule has 1 fully saturated rings. The SMILES string of the molecule is CCCN(C1CCNCC1)S(=O)(=O)CCCC(F)(F)F. The summed E-state index contributed by atoms with van der Waals surface area (Å²) in [5.74, 6) is -0.420. The molecule has 0 amide bonds. The van der Waals surface area contributed by atoms with Crippen molar-refractivity contribution < 1.29 is 21.6 Å². The Bertz CT molecular complexity index is 379. The van der Waals surface area contributed by atoms with E-state index in [0.29, 0.717) is 13.0 Å². The van der Waals surface area contributed by atoms with E-state index in [9.17, 15) is 21.6 Å². The van der Waals surface area contributed by atoms with E-state index in [4.69, 9.17) is 0 Å². The summed E-state index contributed by atoms with van der Waals surface area (Å²) >= 11 is 0. The van der Waals surface area contributed by atoms with E-state index >= 15 is 0 Å². The predicted octanol–water partition coefficient (Wildman–Crippen LogP) is 2.12. The Morgan fingerprint density at radius 1 is 1.25 bits per heavy atom. The van der Waals surface area contributed by atoms with Crippen molar-refractivity contribution in [2.45, 2.75) is 51.2 Å². The largest absolute Gasteiger partial charge is 0.389 e. The Morgan fingerprint density at radius 2 is 1.85 bits per heavy atom. The maximum absolute atomic E-state index is 12.2. The van der Waals surface area contributed by atoms with Gasteiger partial charge in [-0.2, -0.15) is 17.5 Å². The van der Waals surface area contributed by atoms with Crippen LogP contribution in [0.5, 0.6) is 0 Å². The van der Waals surface area contributed by atoms with Gasteiger partial charge in [0.2, 0.25) is 10.0 Å². The van der Waals surface area contributed by atoms with Crippen LogP contribution in [0.3, 0.4) is 0 Å². The van der Waals surface area contributed by atoms with Gasteiger partial charge in [0.25, 0.3) is 0 Å². The number of hydrogen-bond donors (Lipinski definition) is 1. The molecule has 0 aromatic heterocycles. The minimum atomic E-state index is -4.29. The van der Waals surface area contributed by atoms with E-state index < -0.39 is 28.4 Å². The molecule has 0 bridgehead atoms. The number of hydrogen-bond acceptors (Lipinski definition) is 3. The van der Waals surface area contributed by atoms with Crippen molar-refractivity contribution in [2.75, 3.05) is 25.4 Å². The average Bonchev–Trinajstić information content (AvgIpc) is 2.35. The molecule has 1 aliphatic rings. The molecule has 0 radical (unpaired) electrons. The van der Waals surface area contributed by atoms with Gasteiger partial charge in [0.05, 0.1) is 5.75 Å². The van der Waals surface area contributed by atoms with Crippen LogP contribution < -0.4 is 5.32 Å². The van der Waals surface area contributed by atoms with Crippen LogP contribution in [0.1, 0.15) is 39.0 Å². The van der Waals surface area contributed by atoms with Gasteiger partial charge in [0.1, 0.15) is 0 Å². The van der Waals surface area contributed by atoms with Gasteiger partial charge < -0.3 is 5.32 Å². The first-order valence-electron chi connectivity index (χ1n) is 7.03. The molecule has 120 valence electrons. The fraction of sp³-hybridized carbons (Fsp3) is 1.00. The van der Waals surface area contributed by atoms with Crippen molar-refractivity contribution in [1.82, 2.24) is 9.62 Å². The van der Waals surface area contributed by atoms with Crippen molar-refractivity contribution in [3.05, 3.63) is 0 Å². The molecule has 0 aliphatic carbocycles. The molecule has 0 saturated carbocycles. The molecule has 8 heteroatoms. The molecule has 1 N–H and O–H groups in total. The third-order valence-electron chi connectivity index (χ3n) is 3.38. The quantitative estimate of drug-likeness (QED) is 0.783. The van der Waals surface area contributed by atoms with Crippen molar-refractivity contribution in [2.24, 2.45) is 0 Å². The zero-order valence-corrected chi connectivity index (χ0v) is 12.6. The monoisotopic (exact) mass is 316 g/mol. The van der Waals surface area contributed by atoms with Crippen LogP contribution in [0.25, 0.3) is 0 Å². The lowest BCUT2D eigenvalue weighted by atomic mass is 10.1. The van der Waals surface area contributed by atoms with E-state index in [1.165, 1.54) is 4.31 Å². The van der Waals surface area contributed by atoms with Gasteiger partial charge in [0.15, 0.2) is 0 Å². The van der Waals surface area contributed by atoms with E-state index in [2.05, 4.69) is 5.32 Å². The molecular formula is C12H23F3N2O2S. The van der Waals surface area contributed by atoms with Crippen LogP contribution >= 0.6 is 0 Å². The summed E-state index contributed by atoms with van der Waals surface area (Å²) in [5, 5.41) is 3.16. The predicted molar refractivity (Wildman–Crippen MR) is 72.0 cm³/mol. The number of halogens is 3. The number of nitrogens with one attached hydrogen (secondary N) is 1. The second-order valence-corrected chi connectivity index (χ2v) is 7.17. The second-order valence-electron chi connectivity index (χ2n) is 5.13. The van der Waals surface area contributed by atoms with Crippen LogP contribution in [0.2, 0.25) is 0 Å². The van der Waals surface area contributed by atoms with Crippen molar-refractivity contribution in [1.29, 1.82) is 0 Å². The fourth-order valence-corrected chi connectivity index (χ4v) is 4.31. The summed E-state index contributed by atoms with van der Waals surface area (Å²) in [7, 11) is -3.60. The van der Waals surface area contributed by atoms with Crippen LogP contribution in [0.15, 0.2) is 0 Å². The van der Waals surface area contributed by atoms with E-state index in [0.717, 1.165) is 25.9 Å². The van der Waals surface area contributed by atoms with Gasteiger partial charge in [-0.15, -0.1) is 0 Å². The number of sulfonamides is 1. The standard InChI is InChI=1S/C12H23F3N2O2S/c1-2-9-17(11-4-7-16-8-5-11)20(18,19)10-3-6-12(13,14)15/h11,16H,2-10H2,1H3. The first-order chi connectivity index (χ1) is 9.26. The lowest BCUT2D eigenvalue weighted by molar-refractivity contribution is -0.134. The van der Waals surface area contributed by atoms with Crippen molar-refractivity contribution >= 4 is 10.0 Å². The van der Waals surface area contributed by atoms with Crippen LogP contribution in [-0.2, 0) is 10.0 Å². The van der Waals surface area contributed by atoms with E-state index in [-0.39, 0.29) is 12.5 Å². The van der Waals surface area contributed by atoms with Gasteiger partial charge in [-0.25, -0.2) is 8.42 Å². The van der Waals surface area contributed by atoms with Crippen molar-refractivity contribution in [3.63, 3.8) is 0 Å². The highest BCUT2D eigenvalue weighted by atomic mass is 32.2. The summed E-state index contributed by atoms with van der Waals surface area (Å²) in [6.45, 7) is 3.77. The summed E-state index contributed by atoms with van der Waals surface area (Å²) in [4.78, 5) is 0. The number of piperidine rings is 1. The smallest absolute Gasteiger partial charge is 0.317 e. The summed E-state index contributed by atoms with van der Waals surface area (Å²) in [5.41, 5.74) is 0. The first-order valence-corrected chi connectivity index (χ1v) is 8.64. The van der Waals surface area contributed by atoms with Gasteiger partial charge in [-0.3, -0.25) is 0 Å². The molecule has 0 atom stereocenters. The topological polar surface area (TPSA) is 49.4 Å². The minimum Gasteiger partial charge on any atom is -0.317 e. The normalized spacial score (nSPS) is 18.6. The third kappa shape index (κ3) is 5.97. The average molecular weight is 316 g/mol. The van der Waals surface area contributed by atoms with Gasteiger partial charge in [-0.1, -0.05) is 6.92 Å². The molecule has 1 rings (SSSR count). The molecule has 4 nitrogen and oxygen atoms in total. The highest BCUT2D eigenvalue weighted by Gasteiger charge is 2.32. The Kier molecular flexibility index (Phi) is 6.74. The summed E-state index contributed by atoms with van der Waals surface area (Å²) in [6.07, 6.45) is -3.59. The highest BCUT2D eigenvalue weighted by molar-refractivity contribution is 7.89. The lowest BCUT2D eigenvalue weighted by Gasteiger charge is -2.33. The minimum absolute atomic E-state index is 0.0768. The molecule has 0 aromatic rings.